The highest BCUT2D eigenvalue weighted by molar-refractivity contribution is 6.03. The maximum Gasteiger partial charge on any atom is 0.274 e. The van der Waals surface area contributed by atoms with Crippen LogP contribution in [0.4, 0.5) is 17.1 Å². The van der Waals surface area contributed by atoms with E-state index in [9.17, 15) is 4.79 Å². The van der Waals surface area contributed by atoms with Crippen LogP contribution in [0, 0.1) is 6.92 Å². The van der Waals surface area contributed by atoms with Gasteiger partial charge >= 0.3 is 0 Å². The molecule has 29 heavy (non-hydrogen) atoms. The largest absolute Gasteiger partial charge is 0.380 e. The molecule has 0 radical (unpaired) electrons. The van der Waals surface area contributed by atoms with Crippen LogP contribution in [-0.4, -0.2) is 24.0 Å². The molecule has 0 bridgehead atoms. The standard InChI is InChI=1S/C24H26N4O/c1-18-6-2-3-7-19(18)16-25-21-10-13-23(26-17-21)24(29)27-20-8-11-22(12-9-20)28-14-4-5-15-28/h2-3,6-13,17,25H,4-5,14-16H2,1H3,(H,27,29). The van der Waals surface area contributed by atoms with Gasteiger partial charge in [0.1, 0.15) is 5.69 Å². The minimum Gasteiger partial charge on any atom is -0.380 e. The van der Waals surface area contributed by atoms with Gasteiger partial charge in [-0.15, -0.1) is 0 Å². The van der Waals surface area contributed by atoms with Crippen molar-refractivity contribution in [3.8, 4) is 0 Å². The first kappa shape index (κ1) is 19.0. The molecule has 1 aliphatic rings. The third-order valence-electron chi connectivity index (χ3n) is 5.34. The molecule has 1 amide bonds. The summed E-state index contributed by atoms with van der Waals surface area (Å²) in [6.45, 7) is 5.04. The van der Waals surface area contributed by atoms with Crippen molar-refractivity contribution in [3.05, 3.63) is 83.7 Å². The van der Waals surface area contributed by atoms with E-state index in [1.807, 2.05) is 30.3 Å². The Bertz CT molecular complexity index is 961. The van der Waals surface area contributed by atoms with Crippen LogP contribution in [0.1, 0.15) is 34.5 Å². The Kier molecular flexibility index (Phi) is 5.75. The highest BCUT2D eigenvalue weighted by atomic mass is 16.1. The van der Waals surface area contributed by atoms with Crippen LogP contribution in [-0.2, 0) is 6.54 Å². The van der Waals surface area contributed by atoms with Gasteiger partial charge in [0.15, 0.2) is 0 Å². The number of benzene rings is 2. The Balaban J connectivity index is 1.33. The Labute approximate surface area is 171 Å². The van der Waals surface area contributed by atoms with Crippen molar-refractivity contribution in [2.24, 2.45) is 0 Å². The molecule has 1 fully saturated rings. The van der Waals surface area contributed by atoms with Crippen molar-refractivity contribution < 1.29 is 4.79 Å². The van der Waals surface area contributed by atoms with Gasteiger partial charge in [-0.2, -0.15) is 0 Å². The van der Waals surface area contributed by atoms with Gasteiger partial charge < -0.3 is 15.5 Å². The lowest BCUT2D eigenvalue weighted by Gasteiger charge is -2.17. The minimum absolute atomic E-state index is 0.204. The van der Waals surface area contributed by atoms with Gasteiger partial charge in [0, 0.05) is 31.0 Å². The molecule has 0 saturated carbocycles. The highest BCUT2D eigenvalue weighted by Crippen LogP contribution is 2.22. The summed E-state index contributed by atoms with van der Waals surface area (Å²) >= 11 is 0. The van der Waals surface area contributed by atoms with Crippen LogP contribution in [0.25, 0.3) is 0 Å². The smallest absolute Gasteiger partial charge is 0.274 e. The van der Waals surface area contributed by atoms with Crippen molar-refractivity contribution in [2.45, 2.75) is 26.3 Å². The zero-order valence-electron chi connectivity index (χ0n) is 16.7. The molecule has 1 aliphatic heterocycles. The number of carbonyl (C=O) groups excluding carboxylic acids is 1. The van der Waals surface area contributed by atoms with Crippen molar-refractivity contribution >= 4 is 23.0 Å². The summed E-state index contributed by atoms with van der Waals surface area (Å²) in [6.07, 6.45) is 4.20. The molecule has 148 valence electrons. The van der Waals surface area contributed by atoms with E-state index in [1.54, 1.807) is 12.3 Å². The molecule has 4 rings (SSSR count). The number of amides is 1. The molecule has 0 aliphatic carbocycles. The second kappa shape index (κ2) is 8.78. The fourth-order valence-corrected chi connectivity index (χ4v) is 3.56. The van der Waals surface area contributed by atoms with Crippen molar-refractivity contribution in [3.63, 3.8) is 0 Å². The first-order chi connectivity index (χ1) is 14.2. The molecule has 2 heterocycles. The summed E-state index contributed by atoms with van der Waals surface area (Å²) in [5.41, 5.74) is 5.77. The lowest BCUT2D eigenvalue weighted by molar-refractivity contribution is 0.102. The normalized spacial score (nSPS) is 13.3. The SMILES string of the molecule is Cc1ccccc1CNc1ccc(C(=O)Nc2ccc(N3CCCC3)cc2)nc1. The Hall–Kier alpha value is -3.34. The predicted octanol–water partition coefficient (Wildman–Crippen LogP) is 4.85. The van der Waals surface area contributed by atoms with Gasteiger partial charge in [0.05, 0.1) is 11.9 Å². The highest BCUT2D eigenvalue weighted by Gasteiger charge is 2.13. The molecule has 5 nitrogen and oxygen atoms in total. The summed E-state index contributed by atoms with van der Waals surface area (Å²) in [5, 5.41) is 6.27. The van der Waals surface area contributed by atoms with E-state index in [2.05, 4.69) is 51.7 Å². The molecule has 0 unspecified atom stereocenters. The number of nitrogens with one attached hydrogen (secondary N) is 2. The van der Waals surface area contributed by atoms with Gasteiger partial charge in [0.25, 0.3) is 5.91 Å². The number of aromatic nitrogens is 1. The molecule has 0 spiro atoms. The summed E-state index contributed by atoms with van der Waals surface area (Å²) in [5.74, 6) is -0.204. The van der Waals surface area contributed by atoms with Crippen LogP contribution in [0.3, 0.4) is 0 Å². The second-order valence-electron chi connectivity index (χ2n) is 7.41. The van der Waals surface area contributed by atoms with Crippen molar-refractivity contribution in [2.75, 3.05) is 28.6 Å². The molecule has 2 aromatic carbocycles. The van der Waals surface area contributed by atoms with E-state index in [0.29, 0.717) is 5.69 Å². The Morgan fingerprint density at radius 3 is 2.38 bits per heavy atom. The molecule has 0 atom stereocenters. The van der Waals surface area contributed by atoms with Crippen LogP contribution >= 0.6 is 0 Å². The maximum atomic E-state index is 12.5. The van der Waals surface area contributed by atoms with E-state index < -0.39 is 0 Å². The molecular formula is C24H26N4O. The number of nitrogens with zero attached hydrogens (tertiary/aromatic N) is 2. The zero-order valence-corrected chi connectivity index (χ0v) is 16.7. The minimum atomic E-state index is -0.204. The van der Waals surface area contributed by atoms with E-state index in [1.165, 1.54) is 29.7 Å². The van der Waals surface area contributed by atoms with Gasteiger partial charge in [-0.25, -0.2) is 4.98 Å². The van der Waals surface area contributed by atoms with Crippen LogP contribution in [0.2, 0.25) is 0 Å². The van der Waals surface area contributed by atoms with E-state index in [-0.39, 0.29) is 5.91 Å². The molecule has 5 heteroatoms. The molecular weight excluding hydrogens is 360 g/mol. The fourth-order valence-electron chi connectivity index (χ4n) is 3.56. The topological polar surface area (TPSA) is 57.3 Å². The number of rotatable bonds is 6. The average Bonchev–Trinajstić information content (AvgIpc) is 3.29. The fraction of sp³-hybridized carbons (Fsp3) is 0.250. The number of anilines is 3. The van der Waals surface area contributed by atoms with Crippen LogP contribution < -0.4 is 15.5 Å². The number of pyridine rings is 1. The zero-order chi connectivity index (χ0) is 20.1. The van der Waals surface area contributed by atoms with Gasteiger partial charge in [-0.1, -0.05) is 24.3 Å². The monoisotopic (exact) mass is 386 g/mol. The molecule has 1 aromatic heterocycles. The van der Waals surface area contributed by atoms with Crippen LogP contribution in [0.15, 0.2) is 66.9 Å². The Morgan fingerprint density at radius 1 is 0.966 bits per heavy atom. The number of carbonyl (C=O) groups is 1. The van der Waals surface area contributed by atoms with Crippen LogP contribution in [0.5, 0.6) is 0 Å². The predicted molar refractivity (Wildman–Crippen MR) is 119 cm³/mol. The maximum absolute atomic E-state index is 12.5. The second-order valence-corrected chi connectivity index (χ2v) is 7.41. The molecule has 1 saturated heterocycles. The summed E-state index contributed by atoms with van der Waals surface area (Å²) in [7, 11) is 0. The molecule has 2 N–H and O–H groups in total. The molecule has 3 aromatic rings. The van der Waals surface area contributed by atoms with E-state index >= 15 is 0 Å². The van der Waals surface area contributed by atoms with Gasteiger partial charge in [0.2, 0.25) is 0 Å². The first-order valence-corrected chi connectivity index (χ1v) is 10.1. The van der Waals surface area contributed by atoms with Crippen molar-refractivity contribution in [1.29, 1.82) is 0 Å². The van der Waals surface area contributed by atoms with Crippen molar-refractivity contribution in [1.82, 2.24) is 4.98 Å². The van der Waals surface area contributed by atoms with E-state index in [4.69, 9.17) is 0 Å². The summed E-state index contributed by atoms with van der Waals surface area (Å²) < 4.78 is 0. The first-order valence-electron chi connectivity index (χ1n) is 10.1. The Morgan fingerprint density at radius 2 is 1.69 bits per heavy atom. The number of hydrogen-bond acceptors (Lipinski definition) is 4. The summed E-state index contributed by atoms with van der Waals surface area (Å²) in [4.78, 5) is 19.2. The van der Waals surface area contributed by atoms with Gasteiger partial charge in [-0.05, 0) is 67.3 Å². The quantitative estimate of drug-likeness (QED) is 0.636. The lowest BCUT2D eigenvalue weighted by Crippen LogP contribution is -2.17. The third-order valence-corrected chi connectivity index (χ3v) is 5.34. The van der Waals surface area contributed by atoms with Gasteiger partial charge in [-0.3, -0.25) is 4.79 Å². The number of aryl methyl sites for hydroxylation is 1. The lowest BCUT2D eigenvalue weighted by atomic mass is 10.1. The third kappa shape index (κ3) is 4.74. The summed E-state index contributed by atoms with van der Waals surface area (Å²) in [6, 6.07) is 19.9. The average molecular weight is 386 g/mol. The number of hydrogen-bond donors (Lipinski definition) is 2. The van der Waals surface area contributed by atoms with E-state index in [0.717, 1.165) is 31.0 Å².